The average molecular weight is 471 g/mol. The summed E-state index contributed by atoms with van der Waals surface area (Å²) >= 11 is 0. The predicted molar refractivity (Wildman–Crippen MR) is 134 cm³/mol. The Morgan fingerprint density at radius 2 is 1.91 bits per heavy atom. The van der Waals surface area contributed by atoms with Gasteiger partial charge >= 0.3 is 0 Å². The number of aromatic nitrogens is 1. The summed E-state index contributed by atoms with van der Waals surface area (Å²) in [5, 5.41) is 0. The first kappa shape index (κ1) is 24.8. The molecule has 2 aromatic rings. The Bertz CT molecular complexity index is 1080. The normalized spacial score (nSPS) is 14.7. The van der Waals surface area contributed by atoms with Crippen LogP contribution in [0.5, 0.6) is 0 Å². The van der Waals surface area contributed by atoms with Gasteiger partial charge in [0.05, 0.1) is 29.4 Å². The highest BCUT2D eigenvalue weighted by molar-refractivity contribution is 7.92. The molecule has 8 nitrogen and oxygen atoms in total. The van der Waals surface area contributed by atoms with Crippen LogP contribution < -0.4 is 15.6 Å². The maximum Gasteiger partial charge on any atom is 0.235 e. The van der Waals surface area contributed by atoms with Gasteiger partial charge in [0.15, 0.2) is 0 Å². The van der Waals surface area contributed by atoms with Crippen molar-refractivity contribution in [2.24, 2.45) is 5.84 Å². The number of allylic oxidation sites excluding steroid dienone is 1. The molecular formula is C24H34N6O2S. The van der Waals surface area contributed by atoms with Crippen molar-refractivity contribution in [2.45, 2.75) is 26.9 Å². The molecule has 1 aliphatic rings. The fourth-order valence-electron chi connectivity index (χ4n) is 3.79. The maximum atomic E-state index is 13.0. The number of nitrogens with two attached hydrogens (primary N) is 1. The van der Waals surface area contributed by atoms with Crippen molar-refractivity contribution in [3.8, 4) is 0 Å². The monoisotopic (exact) mass is 470 g/mol. The van der Waals surface area contributed by atoms with Crippen LogP contribution in [0.15, 0.2) is 61.4 Å². The quantitative estimate of drug-likeness (QED) is 0.407. The van der Waals surface area contributed by atoms with Gasteiger partial charge in [-0.05, 0) is 43.7 Å². The Labute approximate surface area is 197 Å². The molecule has 2 heterocycles. The number of nitrogens with one attached hydrogen (secondary N) is 1. The van der Waals surface area contributed by atoms with Crippen molar-refractivity contribution < 1.29 is 8.42 Å². The fourth-order valence-corrected chi connectivity index (χ4v) is 4.86. The lowest BCUT2D eigenvalue weighted by molar-refractivity contribution is 0.153. The van der Waals surface area contributed by atoms with Gasteiger partial charge in [-0.25, -0.2) is 8.42 Å². The number of pyridine rings is 1. The third kappa shape index (κ3) is 6.34. The first-order valence-electron chi connectivity index (χ1n) is 11.1. The van der Waals surface area contributed by atoms with Crippen molar-refractivity contribution >= 4 is 21.4 Å². The van der Waals surface area contributed by atoms with E-state index in [2.05, 4.69) is 33.4 Å². The van der Waals surface area contributed by atoms with Gasteiger partial charge in [-0.1, -0.05) is 25.3 Å². The lowest BCUT2D eigenvalue weighted by Crippen LogP contribution is -2.44. The summed E-state index contributed by atoms with van der Waals surface area (Å²) in [6.45, 7) is 16.3. The first-order valence-corrected chi connectivity index (χ1v) is 12.7. The third-order valence-corrected chi connectivity index (χ3v) is 7.61. The molecule has 9 heteroatoms. The first-order chi connectivity index (χ1) is 15.7. The summed E-state index contributed by atoms with van der Waals surface area (Å²) in [4.78, 5) is 9.09. The Kier molecular flexibility index (Phi) is 8.12. The van der Waals surface area contributed by atoms with Crippen LogP contribution in [-0.4, -0.2) is 55.1 Å². The zero-order valence-electron chi connectivity index (χ0n) is 19.5. The fraction of sp³-hybridized carbons (Fsp3) is 0.375. The molecule has 0 unspecified atom stereocenters. The topological polar surface area (TPSA) is 94.8 Å². The Hall–Kier alpha value is -2.88. The van der Waals surface area contributed by atoms with Gasteiger partial charge in [-0.2, -0.15) is 0 Å². The number of nitrogens with zero attached hydrogens (tertiary/aromatic N) is 4. The Morgan fingerprint density at radius 3 is 2.48 bits per heavy atom. The molecule has 3 rings (SSSR count). The SMILES string of the molecule is C=C(NN)c1ccc(CN(c2cccc(CN3CCN(C(=C)C)CC3)c2)S(=O)(=O)CC)nc1. The van der Waals surface area contributed by atoms with Crippen LogP contribution in [0.3, 0.4) is 0 Å². The number of hydrogen-bond acceptors (Lipinski definition) is 7. The summed E-state index contributed by atoms with van der Waals surface area (Å²) in [7, 11) is -3.50. The second-order valence-corrected chi connectivity index (χ2v) is 10.4. The smallest absolute Gasteiger partial charge is 0.235 e. The van der Waals surface area contributed by atoms with Crippen molar-refractivity contribution in [3.05, 3.63) is 78.3 Å². The Balaban J connectivity index is 1.78. The van der Waals surface area contributed by atoms with E-state index in [1.165, 1.54) is 4.31 Å². The van der Waals surface area contributed by atoms with Gasteiger partial charge in [0, 0.05) is 50.2 Å². The molecule has 178 valence electrons. The lowest BCUT2D eigenvalue weighted by Gasteiger charge is -2.36. The molecule has 0 spiro atoms. The highest BCUT2D eigenvalue weighted by Crippen LogP contribution is 2.24. The van der Waals surface area contributed by atoms with Crippen molar-refractivity contribution in [3.63, 3.8) is 0 Å². The minimum Gasteiger partial charge on any atom is -0.373 e. The largest absolute Gasteiger partial charge is 0.373 e. The standard InChI is InChI=1S/C24H34N6O2S/c1-5-33(31,32)30(18-23-10-9-22(16-26-23)20(4)27-25)24-8-6-7-21(15-24)17-28-11-13-29(14-12-28)19(2)3/h6-10,15-16,27H,2,4-5,11-14,17-18,25H2,1,3H3. The number of piperazine rings is 1. The second-order valence-electron chi connectivity index (χ2n) is 8.24. The van der Waals surface area contributed by atoms with Crippen LogP contribution in [0, 0.1) is 0 Å². The number of anilines is 1. The van der Waals surface area contributed by atoms with E-state index in [0.29, 0.717) is 17.1 Å². The molecule has 1 aliphatic heterocycles. The van der Waals surface area contributed by atoms with Crippen molar-refractivity contribution in [2.75, 3.05) is 36.2 Å². The van der Waals surface area contributed by atoms with Crippen LogP contribution >= 0.6 is 0 Å². The molecule has 3 N–H and O–H groups in total. The average Bonchev–Trinajstić information content (AvgIpc) is 2.82. The number of sulfonamides is 1. The van der Waals surface area contributed by atoms with Crippen molar-refractivity contribution in [1.82, 2.24) is 20.2 Å². The van der Waals surface area contributed by atoms with Crippen LogP contribution in [0.4, 0.5) is 5.69 Å². The highest BCUT2D eigenvalue weighted by atomic mass is 32.2. The summed E-state index contributed by atoms with van der Waals surface area (Å²) < 4.78 is 27.4. The number of hydrogen-bond donors (Lipinski definition) is 2. The summed E-state index contributed by atoms with van der Waals surface area (Å²) in [6.07, 6.45) is 1.63. The van der Waals surface area contributed by atoms with Gasteiger partial charge < -0.3 is 10.3 Å². The molecule has 1 saturated heterocycles. The van der Waals surface area contributed by atoms with E-state index in [9.17, 15) is 8.42 Å². The van der Waals surface area contributed by atoms with Crippen LogP contribution in [0.2, 0.25) is 0 Å². The van der Waals surface area contributed by atoms with E-state index in [1.807, 2.05) is 37.3 Å². The molecule has 0 radical (unpaired) electrons. The minimum absolute atomic E-state index is 0.00603. The summed E-state index contributed by atoms with van der Waals surface area (Å²) in [6, 6.07) is 11.4. The van der Waals surface area contributed by atoms with E-state index in [4.69, 9.17) is 5.84 Å². The number of hydrazine groups is 1. The van der Waals surface area contributed by atoms with E-state index >= 15 is 0 Å². The van der Waals surface area contributed by atoms with E-state index in [-0.39, 0.29) is 12.3 Å². The minimum atomic E-state index is -3.50. The van der Waals surface area contributed by atoms with Gasteiger partial charge in [0.1, 0.15) is 0 Å². The molecule has 1 aromatic heterocycles. The number of benzene rings is 1. The zero-order valence-corrected chi connectivity index (χ0v) is 20.3. The second kappa shape index (κ2) is 10.8. The lowest BCUT2D eigenvalue weighted by atomic mass is 10.1. The van der Waals surface area contributed by atoms with Crippen molar-refractivity contribution in [1.29, 1.82) is 0 Å². The van der Waals surface area contributed by atoms with E-state index < -0.39 is 10.0 Å². The maximum absolute atomic E-state index is 13.0. The van der Waals surface area contributed by atoms with Gasteiger partial charge in [0.2, 0.25) is 10.0 Å². The van der Waals surface area contributed by atoms with E-state index in [1.54, 1.807) is 19.2 Å². The molecular weight excluding hydrogens is 436 g/mol. The van der Waals surface area contributed by atoms with Gasteiger partial charge in [-0.3, -0.25) is 20.0 Å². The van der Waals surface area contributed by atoms with Gasteiger partial charge in [0.25, 0.3) is 0 Å². The zero-order chi connectivity index (χ0) is 24.0. The third-order valence-electron chi connectivity index (χ3n) is 5.87. The molecule has 0 atom stereocenters. The summed E-state index contributed by atoms with van der Waals surface area (Å²) in [5.41, 5.74) is 7.26. The molecule has 0 aliphatic carbocycles. The highest BCUT2D eigenvalue weighted by Gasteiger charge is 2.23. The molecule has 0 amide bonds. The molecule has 0 saturated carbocycles. The molecule has 1 fully saturated rings. The summed E-state index contributed by atoms with van der Waals surface area (Å²) in [5.74, 6) is 5.41. The van der Waals surface area contributed by atoms with Crippen LogP contribution in [0.25, 0.3) is 5.70 Å². The molecule has 33 heavy (non-hydrogen) atoms. The van der Waals surface area contributed by atoms with Gasteiger partial charge in [-0.15, -0.1) is 0 Å². The predicted octanol–water partition coefficient (Wildman–Crippen LogP) is 2.52. The van der Waals surface area contributed by atoms with Crippen LogP contribution in [-0.2, 0) is 23.1 Å². The number of rotatable bonds is 10. The molecule has 1 aromatic carbocycles. The Morgan fingerprint density at radius 1 is 1.18 bits per heavy atom. The van der Waals surface area contributed by atoms with Crippen LogP contribution in [0.1, 0.15) is 30.7 Å². The van der Waals surface area contributed by atoms with E-state index in [0.717, 1.165) is 49.5 Å². The molecule has 0 bridgehead atoms.